The van der Waals surface area contributed by atoms with Gasteiger partial charge in [-0.05, 0) is 38.3 Å². The van der Waals surface area contributed by atoms with Gasteiger partial charge in [-0.2, -0.15) is 0 Å². The van der Waals surface area contributed by atoms with Gasteiger partial charge in [0.2, 0.25) is 0 Å². The van der Waals surface area contributed by atoms with Gasteiger partial charge in [0.15, 0.2) is 6.29 Å². The first-order valence-corrected chi connectivity index (χ1v) is 5.74. The summed E-state index contributed by atoms with van der Waals surface area (Å²) in [7, 11) is 0. The van der Waals surface area contributed by atoms with Gasteiger partial charge in [0.1, 0.15) is 5.60 Å². The zero-order valence-corrected chi connectivity index (χ0v) is 10.3. The zero-order chi connectivity index (χ0) is 12.2. The summed E-state index contributed by atoms with van der Waals surface area (Å²) in [4.78, 5) is 22.7. The summed E-state index contributed by atoms with van der Waals surface area (Å²) in [6, 6.07) is 1.71. The molecule has 0 aliphatic carbocycles. The molecule has 0 spiro atoms. The maximum atomic E-state index is 11.4. The molecular formula is C12H14O3S. The summed E-state index contributed by atoms with van der Waals surface area (Å²) in [5.74, 6) is -0.405. The van der Waals surface area contributed by atoms with Crippen LogP contribution < -0.4 is 0 Å². The summed E-state index contributed by atoms with van der Waals surface area (Å²) in [6.07, 6.45) is 3.71. The Morgan fingerprint density at radius 3 is 2.69 bits per heavy atom. The summed E-state index contributed by atoms with van der Waals surface area (Å²) in [5.41, 5.74) is 0.0921. The lowest BCUT2D eigenvalue weighted by Crippen LogP contribution is -2.22. The van der Waals surface area contributed by atoms with Crippen molar-refractivity contribution in [3.63, 3.8) is 0 Å². The second kappa shape index (κ2) is 5.07. The van der Waals surface area contributed by atoms with Gasteiger partial charge in [-0.3, -0.25) is 4.79 Å². The molecule has 0 saturated carbocycles. The van der Waals surface area contributed by atoms with Gasteiger partial charge >= 0.3 is 5.97 Å². The molecule has 0 aliphatic heterocycles. The minimum absolute atomic E-state index is 0.405. The van der Waals surface area contributed by atoms with Crippen molar-refractivity contribution in [3.05, 3.63) is 28.0 Å². The van der Waals surface area contributed by atoms with Gasteiger partial charge in [-0.15, -0.1) is 11.3 Å². The highest BCUT2D eigenvalue weighted by Crippen LogP contribution is 2.17. The van der Waals surface area contributed by atoms with E-state index in [4.69, 9.17) is 4.74 Å². The molecule has 3 nitrogen and oxygen atoms in total. The number of hydrogen-bond donors (Lipinski definition) is 0. The molecule has 0 aliphatic rings. The molecule has 16 heavy (non-hydrogen) atoms. The lowest BCUT2D eigenvalue weighted by atomic mass is 10.2. The minimum atomic E-state index is -0.496. The van der Waals surface area contributed by atoms with E-state index in [-0.39, 0.29) is 0 Å². The molecule has 0 saturated heterocycles. The van der Waals surface area contributed by atoms with Crippen LogP contribution in [0.25, 0.3) is 6.08 Å². The Hall–Kier alpha value is -1.42. The predicted molar refractivity (Wildman–Crippen MR) is 64.6 cm³/mol. The Morgan fingerprint density at radius 2 is 2.12 bits per heavy atom. The SMILES string of the molecule is CC(C)(C)OC(=O)C=Cc1sccc1C=O. The third kappa shape index (κ3) is 3.98. The summed E-state index contributed by atoms with van der Waals surface area (Å²) in [5, 5.41) is 1.80. The second-order valence-corrected chi connectivity index (χ2v) is 5.17. The minimum Gasteiger partial charge on any atom is -0.457 e. The fourth-order valence-corrected chi connectivity index (χ4v) is 1.80. The van der Waals surface area contributed by atoms with Crippen LogP contribution in [-0.4, -0.2) is 17.9 Å². The molecular weight excluding hydrogens is 224 g/mol. The highest BCUT2D eigenvalue weighted by atomic mass is 32.1. The fraction of sp³-hybridized carbons (Fsp3) is 0.333. The van der Waals surface area contributed by atoms with Gasteiger partial charge in [0.05, 0.1) is 0 Å². The van der Waals surface area contributed by atoms with Crippen LogP contribution >= 0.6 is 11.3 Å². The van der Waals surface area contributed by atoms with Crippen molar-refractivity contribution in [1.29, 1.82) is 0 Å². The molecule has 0 fully saturated rings. The van der Waals surface area contributed by atoms with Crippen molar-refractivity contribution in [2.45, 2.75) is 26.4 Å². The van der Waals surface area contributed by atoms with Crippen molar-refractivity contribution < 1.29 is 14.3 Å². The molecule has 1 heterocycles. The Bertz CT molecular complexity index is 410. The third-order valence-electron chi connectivity index (χ3n) is 1.63. The standard InChI is InChI=1S/C12H14O3S/c1-12(2,3)15-11(14)5-4-10-9(8-13)6-7-16-10/h4-8H,1-3H3. The molecule has 4 heteroatoms. The summed E-state index contributed by atoms with van der Waals surface area (Å²) in [6.45, 7) is 5.42. The number of rotatable bonds is 3. The first kappa shape index (κ1) is 12.6. The summed E-state index contributed by atoms with van der Waals surface area (Å²) >= 11 is 1.41. The molecule has 0 bridgehead atoms. The van der Waals surface area contributed by atoms with Crippen LogP contribution in [0.3, 0.4) is 0 Å². The molecule has 0 amide bonds. The number of thiophene rings is 1. The molecule has 0 atom stereocenters. The molecule has 1 aromatic heterocycles. The van der Waals surface area contributed by atoms with Crippen molar-refractivity contribution in [1.82, 2.24) is 0 Å². The van der Waals surface area contributed by atoms with E-state index in [0.717, 1.165) is 11.2 Å². The molecule has 0 radical (unpaired) electrons. The Labute approximate surface area is 98.7 Å². The molecule has 86 valence electrons. The summed E-state index contributed by atoms with van der Waals surface area (Å²) < 4.78 is 5.10. The van der Waals surface area contributed by atoms with Crippen LogP contribution in [-0.2, 0) is 9.53 Å². The van der Waals surface area contributed by atoms with Crippen LogP contribution in [0.2, 0.25) is 0 Å². The fourth-order valence-electron chi connectivity index (χ4n) is 1.04. The Balaban J connectivity index is 2.67. The predicted octanol–water partition coefficient (Wildman–Crippen LogP) is 2.92. The van der Waals surface area contributed by atoms with Crippen molar-refractivity contribution in [2.75, 3.05) is 0 Å². The van der Waals surface area contributed by atoms with Crippen LogP contribution in [0.15, 0.2) is 17.5 Å². The highest BCUT2D eigenvalue weighted by molar-refractivity contribution is 7.11. The van der Waals surface area contributed by atoms with E-state index in [0.29, 0.717) is 5.56 Å². The molecule has 0 unspecified atom stereocenters. The highest BCUT2D eigenvalue weighted by Gasteiger charge is 2.13. The zero-order valence-electron chi connectivity index (χ0n) is 9.52. The molecule has 1 aromatic rings. The molecule has 0 aromatic carbocycles. The molecule has 0 N–H and O–H groups in total. The largest absolute Gasteiger partial charge is 0.457 e. The number of carbonyl (C=O) groups excluding carboxylic acids is 2. The number of ether oxygens (including phenoxy) is 1. The van der Waals surface area contributed by atoms with E-state index in [1.165, 1.54) is 17.4 Å². The van der Waals surface area contributed by atoms with Crippen molar-refractivity contribution >= 4 is 29.7 Å². The maximum Gasteiger partial charge on any atom is 0.331 e. The van der Waals surface area contributed by atoms with E-state index in [1.807, 2.05) is 0 Å². The van der Waals surface area contributed by atoms with Crippen LogP contribution in [0.5, 0.6) is 0 Å². The monoisotopic (exact) mass is 238 g/mol. The maximum absolute atomic E-state index is 11.4. The lowest BCUT2D eigenvalue weighted by Gasteiger charge is -2.17. The quantitative estimate of drug-likeness (QED) is 0.462. The van der Waals surface area contributed by atoms with Gasteiger partial charge in [0.25, 0.3) is 0 Å². The second-order valence-electron chi connectivity index (χ2n) is 4.22. The van der Waals surface area contributed by atoms with E-state index in [9.17, 15) is 9.59 Å². The number of hydrogen-bond acceptors (Lipinski definition) is 4. The van der Waals surface area contributed by atoms with E-state index in [2.05, 4.69) is 0 Å². The average molecular weight is 238 g/mol. The topological polar surface area (TPSA) is 43.4 Å². The van der Waals surface area contributed by atoms with Gasteiger partial charge in [-0.25, -0.2) is 4.79 Å². The number of carbonyl (C=O) groups is 2. The third-order valence-corrected chi connectivity index (χ3v) is 2.53. The first-order valence-electron chi connectivity index (χ1n) is 4.86. The van der Waals surface area contributed by atoms with E-state index < -0.39 is 11.6 Å². The first-order chi connectivity index (χ1) is 7.42. The number of esters is 1. The van der Waals surface area contributed by atoms with E-state index >= 15 is 0 Å². The van der Waals surface area contributed by atoms with Crippen molar-refractivity contribution in [2.24, 2.45) is 0 Å². The normalized spacial score (nSPS) is 11.7. The van der Waals surface area contributed by atoms with Crippen LogP contribution in [0, 0.1) is 0 Å². The Kier molecular flexibility index (Phi) is 4.01. The van der Waals surface area contributed by atoms with Crippen LogP contribution in [0.4, 0.5) is 0 Å². The van der Waals surface area contributed by atoms with Gasteiger partial charge < -0.3 is 4.74 Å². The lowest BCUT2D eigenvalue weighted by molar-refractivity contribution is -0.148. The smallest absolute Gasteiger partial charge is 0.331 e. The molecule has 1 rings (SSSR count). The van der Waals surface area contributed by atoms with Crippen LogP contribution in [0.1, 0.15) is 36.0 Å². The van der Waals surface area contributed by atoms with Gasteiger partial charge in [0, 0.05) is 16.5 Å². The number of aldehydes is 1. The van der Waals surface area contributed by atoms with Gasteiger partial charge in [-0.1, -0.05) is 0 Å². The van der Waals surface area contributed by atoms with E-state index in [1.54, 1.807) is 38.3 Å². The Morgan fingerprint density at radius 1 is 1.44 bits per heavy atom. The van der Waals surface area contributed by atoms with Crippen molar-refractivity contribution in [3.8, 4) is 0 Å². The average Bonchev–Trinajstić information content (AvgIpc) is 2.59.